The van der Waals surface area contributed by atoms with Gasteiger partial charge in [-0.1, -0.05) is 88.4 Å². The minimum absolute atomic E-state index is 0.00389. The predicted octanol–water partition coefficient (Wildman–Crippen LogP) is 5.34. The molecule has 20 nitrogen and oxygen atoms in total. The summed E-state index contributed by atoms with van der Waals surface area (Å²) in [5.41, 5.74) is -0.469. The highest BCUT2D eigenvalue weighted by atomic mass is 35.5. The van der Waals surface area contributed by atoms with E-state index < -0.39 is 163 Å². The summed E-state index contributed by atoms with van der Waals surface area (Å²) in [5.74, 6) is -9.98. The molecule has 7 aliphatic heterocycles. The molecule has 0 aliphatic carbocycles. The van der Waals surface area contributed by atoms with Crippen LogP contribution < -0.4 is 0 Å². The first-order chi connectivity index (χ1) is 38.4. The molecule has 10 bridgehead atoms. The highest BCUT2D eigenvalue weighted by Crippen LogP contribution is 2.48. The second-order valence-electron chi connectivity index (χ2n) is 25.4. The highest BCUT2D eigenvalue weighted by molar-refractivity contribution is 6.30. The standard InChI is InChI=1S/C61H93ClO20/c1-32(18-40(64)17-16-34(3)62)19-51-54(70)55-38(7)56(76-51)57(71)61(73)30-49(67)36(5)50(82-61)15-13-11-12-14-42-21-41(65)26-59(78-42)28-45(74-10)22-43(79-59)24-48(66)37(6)53(69)35(4)33(2)20-47-27-58(9,72)31-60(81-47)29-46(75-39(8)63)23-44(80-60)25-52(68)77-55/h12,14,16-17,35-38,40-47,49-51,53-57,64-65,67,69-73H,1-3,11,13,15,18-31H2,4-10H3/b14-12-,17-16+/t35-,36-,37+,38+,40-,41+,42+,43?,44?,45+,46+,47+,49+,50-,51+,53+,54+,55+,56?,57+,58+,59-,60-,61-/m0/s1. The van der Waals surface area contributed by atoms with Gasteiger partial charge in [0, 0.05) is 107 Å². The fourth-order valence-corrected chi connectivity index (χ4v) is 13.8. The molecule has 0 aromatic rings. The van der Waals surface area contributed by atoms with Gasteiger partial charge < -0.3 is 83.5 Å². The van der Waals surface area contributed by atoms with Crippen molar-refractivity contribution in [1.29, 1.82) is 0 Å². The van der Waals surface area contributed by atoms with E-state index in [1.54, 1.807) is 41.7 Å². The lowest BCUT2D eigenvalue weighted by Gasteiger charge is -2.52. The van der Waals surface area contributed by atoms with Gasteiger partial charge in [-0.05, 0) is 51.5 Å². The van der Waals surface area contributed by atoms with Gasteiger partial charge in [0.1, 0.15) is 30.2 Å². The third kappa shape index (κ3) is 16.9. The Morgan fingerprint density at radius 2 is 1.50 bits per heavy atom. The topological polar surface area (TPSA) is 296 Å². The number of fused-ring (bicyclic) bond motifs is 8. The Balaban J connectivity index is 1.20. The number of esters is 2. The van der Waals surface area contributed by atoms with Crippen molar-refractivity contribution in [1.82, 2.24) is 0 Å². The number of rotatable bonds is 8. The number of hydrogen-bond acceptors (Lipinski definition) is 20. The molecular weight excluding hydrogens is 1090 g/mol. The maximum atomic E-state index is 14.4. The lowest BCUT2D eigenvalue weighted by molar-refractivity contribution is -0.351. The number of aliphatic hydroxyl groups is 8. The second-order valence-corrected chi connectivity index (χ2v) is 25.8. The quantitative estimate of drug-likeness (QED) is 0.0864. The third-order valence-electron chi connectivity index (χ3n) is 18.0. The van der Waals surface area contributed by atoms with E-state index in [-0.39, 0.29) is 74.7 Å². The van der Waals surface area contributed by atoms with Gasteiger partial charge >= 0.3 is 11.9 Å². The monoisotopic (exact) mass is 1180 g/mol. The molecule has 7 rings (SSSR count). The maximum absolute atomic E-state index is 14.4. The molecule has 3 unspecified atom stereocenters. The molecule has 24 atom stereocenters. The van der Waals surface area contributed by atoms with E-state index >= 15 is 0 Å². The van der Waals surface area contributed by atoms with Crippen molar-refractivity contribution < 1.29 is 97.9 Å². The van der Waals surface area contributed by atoms with E-state index in [0.717, 1.165) is 0 Å². The van der Waals surface area contributed by atoms with Gasteiger partial charge in [0.2, 0.25) is 0 Å². The smallest absolute Gasteiger partial charge is 0.308 e. The van der Waals surface area contributed by atoms with Crippen molar-refractivity contribution >= 4 is 29.3 Å². The molecule has 82 heavy (non-hydrogen) atoms. The van der Waals surface area contributed by atoms with Gasteiger partial charge in [0.05, 0.1) is 85.3 Å². The van der Waals surface area contributed by atoms with Gasteiger partial charge in [-0.15, -0.1) is 0 Å². The normalized spacial score (nSPS) is 45.8. The van der Waals surface area contributed by atoms with E-state index in [9.17, 15) is 55.2 Å². The van der Waals surface area contributed by atoms with Crippen molar-refractivity contribution in [2.75, 3.05) is 7.11 Å². The fourth-order valence-electron chi connectivity index (χ4n) is 13.8. The number of allylic oxidation sites excluding steroid dienone is 3. The van der Waals surface area contributed by atoms with Crippen LogP contribution in [0, 0.1) is 23.7 Å². The second kappa shape index (κ2) is 27.8. The van der Waals surface area contributed by atoms with E-state index in [1.165, 1.54) is 19.1 Å². The van der Waals surface area contributed by atoms with Crippen molar-refractivity contribution in [2.24, 2.45) is 23.7 Å². The molecule has 0 aromatic heterocycles. The Bertz CT molecular complexity index is 2310. The fraction of sp³-hybridized carbons (Fsp3) is 0.787. The van der Waals surface area contributed by atoms with E-state index in [1.807, 2.05) is 12.2 Å². The molecule has 6 fully saturated rings. The Labute approximate surface area is 487 Å². The zero-order valence-corrected chi connectivity index (χ0v) is 49.6. The molecule has 0 radical (unpaired) electrons. The van der Waals surface area contributed by atoms with Crippen LogP contribution >= 0.6 is 11.6 Å². The number of ketones is 1. The summed E-state index contributed by atoms with van der Waals surface area (Å²) in [6.07, 6.45) is -8.29. The molecule has 6 saturated heterocycles. The summed E-state index contributed by atoms with van der Waals surface area (Å²) in [6, 6.07) is 0. The summed E-state index contributed by atoms with van der Waals surface area (Å²) in [6.45, 7) is 21.7. The van der Waals surface area contributed by atoms with Crippen LogP contribution in [0.15, 0.2) is 60.2 Å². The first-order valence-corrected chi connectivity index (χ1v) is 29.8. The van der Waals surface area contributed by atoms with Crippen molar-refractivity contribution in [3.8, 4) is 0 Å². The number of carbonyl (C=O) groups is 3. The summed E-state index contributed by atoms with van der Waals surface area (Å²) in [4.78, 5) is 41.0. The summed E-state index contributed by atoms with van der Waals surface area (Å²) >= 11 is 5.88. The molecule has 0 amide bonds. The SMILES string of the molecule is C=C(Cl)/C=C/[C@H](O)CC(=C)C[C@H]1OC2[C@@H](O)[C@]3(O)C[C@@H](O)[C@H](C)[C@H](CCC/C=C\[C@@H]4C[C@@H](O)C[C@]5(C[C@H](OC)CC(CC(=O)[C@@H](C)[C@H](O)[C@@H](C)C(=C)C[C@@H]6C[C@@](C)(O)C[C@]7(C[C@H](OC(C)=O)CC(CC(=O)O[C@@H]([C@@H]1O)[C@H]2C)O7)O6)O5)O4)O3. The molecule has 0 aromatic carbocycles. The van der Waals surface area contributed by atoms with Gasteiger partial charge in [0.15, 0.2) is 17.4 Å². The average Bonchev–Trinajstić information content (AvgIpc) is 1.98. The summed E-state index contributed by atoms with van der Waals surface area (Å²) < 4.78 is 57.2. The molecule has 21 heteroatoms. The number of carbonyl (C=O) groups excluding carboxylic acids is 3. The zero-order valence-electron chi connectivity index (χ0n) is 48.9. The zero-order chi connectivity index (χ0) is 60.2. The molecule has 8 N–H and O–H groups in total. The number of methoxy groups -OCH3 is 1. The van der Waals surface area contributed by atoms with Crippen LogP contribution in [0.5, 0.6) is 0 Å². The number of aliphatic hydroxyl groups excluding tert-OH is 6. The van der Waals surface area contributed by atoms with Crippen LogP contribution in [0.1, 0.15) is 151 Å². The summed E-state index contributed by atoms with van der Waals surface area (Å²) in [7, 11) is 1.58. The lowest BCUT2D eigenvalue weighted by atomic mass is 9.78. The van der Waals surface area contributed by atoms with Crippen LogP contribution in [-0.4, -0.2) is 186 Å². The average molecular weight is 1180 g/mol. The Morgan fingerprint density at radius 1 is 0.829 bits per heavy atom. The number of halogens is 1. The van der Waals surface area contributed by atoms with Crippen molar-refractivity contribution in [3.63, 3.8) is 0 Å². The number of hydrogen-bond donors (Lipinski definition) is 8. The maximum Gasteiger partial charge on any atom is 0.308 e. The molecule has 7 heterocycles. The molecular formula is C61H93ClO20. The Hall–Kier alpha value is -3.00. The van der Waals surface area contributed by atoms with E-state index in [2.05, 4.69) is 19.7 Å². The van der Waals surface area contributed by atoms with Gasteiger partial charge in [-0.2, -0.15) is 0 Å². The van der Waals surface area contributed by atoms with Crippen molar-refractivity contribution in [3.05, 3.63) is 60.2 Å². The van der Waals surface area contributed by atoms with Crippen LogP contribution in [0.3, 0.4) is 0 Å². The third-order valence-corrected chi connectivity index (χ3v) is 18.2. The molecule has 2 spiro atoms. The number of ether oxygens (including phenoxy) is 9. The van der Waals surface area contributed by atoms with Crippen LogP contribution in [-0.2, 0) is 57.0 Å². The largest absolute Gasteiger partial charge is 0.462 e. The number of Topliss-reactive ketones (excluding diaryl/α,β-unsaturated/α-hetero) is 1. The minimum atomic E-state index is -2.40. The van der Waals surface area contributed by atoms with E-state index in [4.69, 9.17) is 54.2 Å². The van der Waals surface area contributed by atoms with Crippen LogP contribution in [0.2, 0.25) is 0 Å². The Kier molecular flexibility index (Phi) is 22.5. The highest BCUT2D eigenvalue weighted by Gasteiger charge is 2.58. The van der Waals surface area contributed by atoms with Crippen LogP contribution in [0.4, 0.5) is 0 Å². The van der Waals surface area contributed by atoms with Gasteiger partial charge in [0.25, 0.3) is 0 Å². The van der Waals surface area contributed by atoms with Crippen LogP contribution in [0.25, 0.3) is 0 Å². The minimum Gasteiger partial charge on any atom is -0.462 e. The van der Waals surface area contributed by atoms with Crippen molar-refractivity contribution in [2.45, 2.75) is 271 Å². The van der Waals surface area contributed by atoms with Gasteiger partial charge in [-0.25, -0.2) is 0 Å². The lowest BCUT2D eigenvalue weighted by Crippen LogP contribution is -2.65. The molecule has 0 saturated carbocycles. The summed E-state index contributed by atoms with van der Waals surface area (Å²) in [5, 5.41) is 94.1. The predicted molar refractivity (Wildman–Crippen MR) is 298 cm³/mol. The first kappa shape index (κ1) is 66.5. The molecule has 464 valence electrons. The molecule has 7 aliphatic rings. The first-order valence-electron chi connectivity index (χ1n) is 29.4. The van der Waals surface area contributed by atoms with E-state index in [0.29, 0.717) is 49.7 Å². The van der Waals surface area contributed by atoms with Gasteiger partial charge in [-0.3, -0.25) is 14.4 Å². The Morgan fingerprint density at radius 3 is 2.20 bits per heavy atom.